The quantitative estimate of drug-likeness (QED) is 0.935. The average molecular weight is 333 g/mol. The fourth-order valence-corrected chi connectivity index (χ4v) is 2.96. The maximum atomic E-state index is 12.6. The van der Waals surface area contributed by atoms with Gasteiger partial charge in [0, 0.05) is 24.2 Å². The molecule has 3 rings (SSSR count). The number of piperidine rings is 1. The minimum Gasteiger partial charge on any atom is -0.339 e. The van der Waals surface area contributed by atoms with Crippen LogP contribution in [-0.4, -0.2) is 29.8 Å². The van der Waals surface area contributed by atoms with Crippen LogP contribution in [0, 0.1) is 11.3 Å². The van der Waals surface area contributed by atoms with E-state index in [9.17, 15) is 9.59 Å². The number of carbonyl (C=O) groups is 2. The number of nitriles is 1. The molecular formula is C20H19N3O2. The van der Waals surface area contributed by atoms with Crippen molar-refractivity contribution in [1.29, 1.82) is 5.26 Å². The van der Waals surface area contributed by atoms with Crippen molar-refractivity contribution in [2.75, 3.05) is 18.4 Å². The van der Waals surface area contributed by atoms with Crippen molar-refractivity contribution >= 4 is 17.5 Å². The maximum Gasteiger partial charge on any atom is 0.255 e. The first kappa shape index (κ1) is 16.7. The van der Waals surface area contributed by atoms with Crippen molar-refractivity contribution in [3.63, 3.8) is 0 Å². The van der Waals surface area contributed by atoms with Gasteiger partial charge in [-0.05, 0) is 49.6 Å². The number of nitrogens with one attached hydrogen (secondary N) is 1. The summed E-state index contributed by atoms with van der Waals surface area (Å²) < 4.78 is 0. The molecule has 126 valence electrons. The Labute approximate surface area is 146 Å². The Hall–Kier alpha value is -3.13. The average Bonchev–Trinajstić information content (AvgIpc) is 2.68. The molecule has 0 radical (unpaired) electrons. The Morgan fingerprint density at radius 2 is 1.68 bits per heavy atom. The first-order valence-electron chi connectivity index (χ1n) is 8.39. The van der Waals surface area contributed by atoms with E-state index in [1.807, 2.05) is 11.0 Å². The lowest BCUT2D eigenvalue weighted by Gasteiger charge is -2.26. The van der Waals surface area contributed by atoms with Gasteiger partial charge in [-0.2, -0.15) is 5.26 Å². The molecule has 1 heterocycles. The zero-order chi connectivity index (χ0) is 17.6. The van der Waals surface area contributed by atoms with Crippen LogP contribution < -0.4 is 5.32 Å². The number of carbonyl (C=O) groups excluding carboxylic acids is 2. The van der Waals surface area contributed by atoms with Crippen molar-refractivity contribution in [3.8, 4) is 6.07 Å². The highest BCUT2D eigenvalue weighted by Gasteiger charge is 2.19. The van der Waals surface area contributed by atoms with Gasteiger partial charge in [0.25, 0.3) is 11.8 Å². The molecule has 1 N–H and O–H groups in total. The maximum absolute atomic E-state index is 12.6. The minimum atomic E-state index is -0.337. The zero-order valence-electron chi connectivity index (χ0n) is 13.9. The molecule has 1 aliphatic rings. The van der Waals surface area contributed by atoms with Crippen molar-refractivity contribution in [2.24, 2.45) is 0 Å². The number of rotatable bonds is 3. The van der Waals surface area contributed by atoms with E-state index in [4.69, 9.17) is 5.26 Å². The molecule has 0 bridgehead atoms. The normalized spacial score (nSPS) is 13.8. The highest BCUT2D eigenvalue weighted by Crippen LogP contribution is 2.17. The van der Waals surface area contributed by atoms with Gasteiger partial charge in [0.1, 0.15) is 6.07 Å². The second-order valence-corrected chi connectivity index (χ2v) is 6.05. The molecule has 0 atom stereocenters. The summed E-state index contributed by atoms with van der Waals surface area (Å²) in [4.78, 5) is 26.9. The Morgan fingerprint density at radius 1 is 0.960 bits per heavy atom. The summed E-state index contributed by atoms with van der Waals surface area (Å²) in [7, 11) is 0. The van der Waals surface area contributed by atoms with Gasteiger partial charge < -0.3 is 10.2 Å². The first-order chi connectivity index (χ1) is 12.2. The zero-order valence-corrected chi connectivity index (χ0v) is 13.9. The SMILES string of the molecule is N#Cc1ccccc1NC(=O)c1cccc(C(=O)N2CCCCC2)c1. The minimum absolute atomic E-state index is 0.0354. The number of nitrogens with zero attached hydrogens (tertiary/aromatic N) is 2. The fourth-order valence-electron chi connectivity index (χ4n) is 2.96. The van der Waals surface area contributed by atoms with E-state index >= 15 is 0 Å². The molecule has 5 heteroatoms. The number of anilines is 1. The number of hydrogen-bond acceptors (Lipinski definition) is 3. The van der Waals surface area contributed by atoms with E-state index in [0.29, 0.717) is 22.4 Å². The summed E-state index contributed by atoms with van der Waals surface area (Å²) in [5.74, 6) is -0.372. The highest BCUT2D eigenvalue weighted by atomic mass is 16.2. The molecule has 25 heavy (non-hydrogen) atoms. The molecular weight excluding hydrogens is 314 g/mol. The molecule has 0 aliphatic carbocycles. The van der Waals surface area contributed by atoms with Crippen molar-refractivity contribution < 1.29 is 9.59 Å². The summed E-state index contributed by atoms with van der Waals surface area (Å²) in [6, 6.07) is 15.6. The van der Waals surface area contributed by atoms with Crippen LogP contribution in [0.3, 0.4) is 0 Å². The van der Waals surface area contributed by atoms with Crippen LogP contribution in [0.15, 0.2) is 48.5 Å². The molecule has 1 aliphatic heterocycles. The van der Waals surface area contributed by atoms with Crippen LogP contribution in [0.2, 0.25) is 0 Å². The van der Waals surface area contributed by atoms with Crippen molar-refractivity contribution in [2.45, 2.75) is 19.3 Å². The lowest BCUT2D eigenvalue weighted by Crippen LogP contribution is -2.35. The summed E-state index contributed by atoms with van der Waals surface area (Å²) >= 11 is 0. The van der Waals surface area contributed by atoms with Gasteiger partial charge in [0.05, 0.1) is 11.3 Å². The van der Waals surface area contributed by atoms with Crippen LogP contribution in [-0.2, 0) is 0 Å². The van der Waals surface area contributed by atoms with Crippen LogP contribution in [0.4, 0.5) is 5.69 Å². The van der Waals surface area contributed by atoms with E-state index in [2.05, 4.69) is 5.32 Å². The topological polar surface area (TPSA) is 73.2 Å². The molecule has 5 nitrogen and oxygen atoms in total. The smallest absolute Gasteiger partial charge is 0.255 e. The van der Waals surface area contributed by atoms with Crippen LogP contribution in [0.1, 0.15) is 45.5 Å². The number of amides is 2. The van der Waals surface area contributed by atoms with Crippen molar-refractivity contribution in [3.05, 3.63) is 65.2 Å². The molecule has 1 saturated heterocycles. The predicted molar refractivity (Wildman–Crippen MR) is 95.3 cm³/mol. The van der Waals surface area contributed by atoms with E-state index in [-0.39, 0.29) is 11.8 Å². The Morgan fingerprint density at radius 3 is 2.44 bits per heavy atom. The third kappa shape index (κ3) is 3.86. The van der Waals surface area contributed by atoms with Gasteiger partial charge in [-0.3, -0.25) is 9.59 Å². The molecule has 2 aromatic rings. The van der Waals surface area contributed by atoms with Crippen LogP contribution in [0.5, 0.6) is 0 Å². The summed E-state index contributed by atoms with van der Waals surface area (Å²) in [6.07, 6.45) is 3.21. The highest BCUT2D eigenvalue weighted by molar-refractivity contribution is 6.06. The number of hydrogen-bond donors (Lipinski definition) is 1. The number of likely N-dealkylation sites (tertiary alicyclic amines) is 1. The second kappa shape index (κ2) is 7.63. The standard InChI is InChI=1S/C20H19N3O2/c21-14-17-7-2-3-10-18(17)22-19(24)15-8-6-9-16(13-15)20(25)23-11-4-1-5-12-23/h2-3,6-10,13H,1,4-5,11-12H2,(H,22,24). The molecule has 0 aromatic heterocycles. The predicted octanol–water partition coefficient (Wildman–Crippen LogP) is 3.44. The Balaban J connectivity index is 1.77. The lowest BCUT2D eigenvalue weighted by atomic mass is 10.1. The third-order valence-electron chi connectivity index (χ3n) is 4.31. The molecule has 0 saturated carbocycles. The molecule has 0 spiro atoms. The van der Waals surface area contributed by atoms with Gasteiger partial charge in [0.15, 0.2) is 0 Å². The van der Waals surface area contributed by atoms with Crippen LogP contribution >= 0.6 is 0 Å². The monoisotopic (exact) mass is 333 g/mol. The second-order valence-electron chi connectivity index (χ2n) is 6.05. The summed E-state index contributed by atoms with van der Waals surface area (Å²) in [5.41, 5.74) is 1.78. The first-order valence-corrected chi connectivity index (χ1v) is 8.39. The van der Waals surface area contributed by atoms with Crippen LogP contribution in [0.25, 0.3) is 0 Å². The lowest BCUT2D eigenvalue weighted by molar-refractivity contribution is 0.0724. The van der Waals surface area contributed by atoms with Crippen molar-refractivity contribution in [1.82, 2.24) is 4.90 Å². The number of benzene rings is 2. The van der Waals surface area contributed by atoms with E-state index in [0.717, 1.165) is 32.4 Å². The van der Waals surface area contributed by atoms with E-state index in [1.165, 1.54) is 0 Å². The molecule has 2 amide bonds. The van der Waals surface area contributed by atoms with Gasteiger partial charge in [0.2, 0.25) is 0 Å². The van der Waals surface area contributed by atoms with Gasteiger partial charge in [-0.15, -0.1) is 0 Å². The molecule has 1 fully saturated rings. The Kier molecular flexibility index (Phi) is 5.10. The summed E-state index contributed by atoms with van der Waals surface area (Å²) in [6.45, 7) is 1.54. The van der Waals surface area contributed by atoms with Gasteiger partial charge >= 0.3 is 0 Å². The van der Waals surface area contributed by atoms with E-state index in [1.54, 1.807) is 48.5 Å². The molecule has 2 aromatic carbocycles. The Bertz CT molecular complexity index is 833. The summed E-state index contributed by atoms with van der Waals surface area (Å²) in [5, 5.41) is 11.8. The molecule has 0 unspecified atom stereocenters. The number of para-hydroxylation sites is 1. The van der Waals surface area contributed by atoms with Gasteiger partial charge in [-0.25, -0.2) is 0 Å². The van der Waals surface area contributed by atoms with Gasteiger partial charge in [-0.1, -0.05) is 18.2 Å². The van der Waals surface area contributed by atoms with E-state index < -0.39 is 0 Å². The fraction of sp³-hybridized carbons (Fsp3) is 0.250. The third-order valence-corrected chi connectivity index (χ3v) is 4.31. The largest absolute Gasteiger partial charge is 0.339 e.